The van der Waals surface area contributed by atoms with Crippen molar-refractivity contribution < 1.29 is 43.0 Å². The molecule has 0 aliphatic rings. The first kappa shape index (κ1) is 33.5. The molecule has 0 aromatic heterocycles. The first-order valence-electron chi connectivity index (χ1n) is 0.333. The molecule has 0 saturated heterocycles. The van der Waals surface area contributed by atoms with Crippen LogP contribution in [0.2, 0.25) is 0 Å². The molecule has 42 valence electrons. The standard InChI is InChI=1S/Ni.2O2.H2O/c;2*1-2;/h;;;1H2/q+4;2*-2;. The topological polar surface area (TPSA) is 124 Å². The molecule has 2 N–H and O–H groups in total. The van der Waals surface area contributed by atoms with Crippen molar-refractivity contribution in [3.8, 4) is 0 Å². The second-order valence-corrected chi connectivity index (χ2v) is 0. The molecule has 0 spiro atoms. The molecule has 0 aliphatic carbocycles. The summed E-state index contributed by atoms with van der Waals surface area (Å²) in [5, 5.41) is 28.0. The molecular weight excluding hydrogens is 139 g/mol. The van der Waals surface area contributed by atoms with E-state index < -0.39 is 0 Å². The van der Waals surface area contributed by atoms with E-state index in [4.69, 9.17) is 21.0 Å². The fraction of sp³-hybridized carbons (Fsp3) is 0. The molecule has 6 heteroatoms. The molecular formula is H2NiO5. The van der Waals surface area contributed by atoms with Gasteiger partial charge >= 0.3 is 16.5 Å². The molecule has 0 bridgehead atoms. The summed E-state index contributed by atoms with van der Waals surface area (Å²) in [5.41, 5.74) is 0. The van der Waals surface area contributed by atoms with Crippen molar-refractivity contribution in [2.24, 2.45) is 0 Å². The summed E-state index contributed by atoms with van der Waals surface area (Å²) in [5.74, 6) is 0. The van der Waals surface area contributed by atoms with Crippen molar-refractivity contribution in [1.82, 2.24) is 0 Å². The van der Waals surface area contributed by atoms with Crippen LogP contribution in [0.5, 0.6) is 0 Å². The van der Waals surface area contributed by atoms with E-state index >= 15 is 0 Å². The summed E-state index contributed by atoms with van der Waals surface area (Å²) < 4.78 is 0. The van der Waals surface area contributed by atoms with Gasteiger partial charge in [0.15, 0.2) is 0 Å². The largest absolute Gasteiger partial charge is 4.00 e. The van der Waals surface area contributed by atoms with Gasteiger partial charge < -0.3 is 26.5 Å². The molecule has 0 aromatic carbocycles. The Bertz CT molecular complexity index is 3.90. The SMILES string of the molecule is O.[Ni+4].[O-][O-].[O-][O-]. The van der Waals surface area contributed by atoms with Crippen molar-refractivity contribution >= 4 is 0 Å². The molecule has 0 radical (unpaired) electrons. The van der Waals surface area contributed by atoms with E-state index in [-0.39, 0.29) is 22.0 Å². The Morgan fingerprint density at radius 2 is 0.667 bits per heavy atom. The molecule has 0 amide bonds. The zero-order valence-corrected chi connectivity index (χ0v) is 3.44. The summed E-state index contributed by atoms with van der Waals surface area (Å²) >= 11 is 0. The Morgan fingerprint density at radius 1 is 0.667 bits per heavy atom. The van der Waals surface area contributed by atoms with Gasteiger partial charge in [-0.25, -0.2) is 0 Å². The van der Waals surface area contributed by atoms with Crippen LogP contribution in [-0.4, -0.2) is 5.48 Å². The smallest absolute Gasteiger partial charge is 1.00 e. The van der Waals surface area contributed by atoms with Gasteiger partial charge in [-0.2, -0.15) is 0 Å². The first-order valence-corrected chi connectivity index (χ1v) is 0.333. The van der Waals surface area contributed by atoms with E-state index in [1.165, 1.54) is 0 Å². The Kier molecular flexibility index (Phi) is 6330. The predicted molar refractivity (Wildman–Crippen MR) is 3.61 cm³/mol. The number of rotatable bonds is 0. The third-order valence-corrected chi connectivity index (χ3v) is 0. The molecule has 5 nitrogen and oxygen atoms in total. The van der Waals surface area contributed by atoms with Crippen molar-refractivity contribution in [3.63, 3.8) is 0 Å². The van der Waals surface area contributed by atoms with Crippen LogP contribution in [0.15, 0.2) is 0 Å². The minimum absolute atomic E-state index is 0. The predicted octanol–water partition coefficient (Wildman–Crippen LogP) is -5.58. The van der Waals surface area contributed by atoms with Crippen LogP contribution in [0.1, 0.15) is 0 Å². The maximum Gasteiger partial charge on any atom is 4.00 e. The average molecular weight is 141 g/mol. The van der Waals surface area contributed by atoms with E-state index in [0.717, 1.165) is 0 Å². The summed E-state index contributed by atoms with van der Waals surface area (Å²) in [7, 11) is 0. The molecule has 0 heterocycles. The molecule has 0 atom stereocenters. The molecule has 0 rings (SSSR count). The van der Waals surface area contributed by atoms with Crippen molar-refractivity contribution in [2.75, 3.05) is 0 Å². The van der Waals surface area contributed by atoms with Crippen LogP contribution >= 0.6 is 0 Å². The minimum atomic E-state index is 0. The van der Waals surface area contributed by atoms with Crippen molar-refractivity contribution in [2.45, 2.75) is 0 Å². The first-order chi connectivity index (χ1) is 2.00. The summed E-state index contributed by atoms with van der Waals surface area (Å²) in [4.78, 5) is 0. The van der Waals surface area contributed by atoms with Crippen molar-refractivity contribution in [3.05, 3.63) is 0 Å². The molecule has 0 aromatic rings. The Morgan fingerprint density at radius 3 is 0.667 bits per heavy atom. The summed E-state index contributed by atoms with van der Waals surface area (Å²) in [6.45, 7) is 0. The van der Waals surface area contributed by atoms with Gasteiger partial charge in [0, 0.05) is 0 Å². The van der Waals surface area contributed by atoms with Crippen molar-refractivity contribution in [1.29, 1.82) is 0 Å². The van der Waals surface area contributed by atoms with Gasteiger partial charge in [-0.1, -0.05) is 0 Å². The second-order valence-electron chi connectivity index (χ2n) is 0. The fourth-order valence-corrected chi connectivity index (χ4v) is 0. The zero-order valence-electron chi connectivity index (χ0n) is 2.45. The monoisotopic (exact) mass is 140 g/mol. The van der Waals surface area contributed by atoms with Gasteiger partial charge in [0.05, 0.1) is 0 Å². The summed E-state index contributed by atoms with van der Waals surface area (Å²) in [6, 6.07) is 0. The van der Waals surface area contributed by atoms with Crippen LogP contribution in [0.25, 0.3) is 0 Å². The second kappa shape index (κ2) is 1130. The Hall–Kier alpha value is 0.294. The molecule has 0 unspecified atom stereocenters. The van der Waals surface area contributed by atoms with Gasteiger partial charge in [0.1, 0.15) is 0 Å². The third-order valence-electron chi connectivity index (χ3n) is 0. The maximum atomic E-state index is 7.00. The van der Waals surface area contributed by atoms with Gasteiger partial charge in [0.2, 0.25) is 0 Å². The van der Waals surface area contributed by atoms with Crippen LogP contribution in [0.4, 0.5) is 0 Å². The van der Waals surface area contributed by atoms with E-state index in [0.29, 0.717) is 0 Å². The van der Waals surface area contributed by atoms with Gasteiger partial charge in [-0.15, -0.1) is 0 Å². The maximum absolute atomic E-state index is 7.00. The van der Waals surface area contributed by atoms with Crippen LogP contribution in [-0.2, 0) is 16.5 Å². The fourth-order valence-electron chi connectivity index (χ4n) is 0. The average Bonchev–Trinajstić information content (AvgIpc) is 1.50. The van der Waals surface area contributed by atoms with E-state index in [9.17, 15) is 0 Å². The minimum Gasteiger partial charge on any atom is -1.00 e. The van der Waals surface area contributed by atoms with Gasteiger partial charge in [-0.05, 0) is 0 Å². The number of hydrogen-bond donors (Lipinski definition) is 0. The third kappa shape index (κ3) is 541. The van der Waals surface area contributed by atoms with Crippen LogP contribution < -0.4 is 21.0 Å². The van der Waals surface area contributed by atoms with Gasteiger partial charge in [0.25, 0.3) is 0 Å². The molecule has 6 heavy (non-hydrogen) atoms. The van der Waals surface area contributed by atoms with E-state index in [2.05, 4.69) is 0 Å². The quantitative estimate of drug-likeness (QED) is 0.189. The Balaban J connectivity index is -0.00000000500. The van der Waals surface area contributed by atoms with Gasteiger partial charge in [-0.3, -0.25) is 0 Å². The van der Waals surface area contributed by atoms with Crippen LogP contribution in [0.3, 0.4) is 0 Å². The van der Waals surface area contributed by atoms with Crippen LogP contribution in [0, 0.1) is 0 Å². The number of hydrogen-bond acceptors (Lipinski definition) is 4. The Labute approximate surface area is 43.9 Å². The normalized spacial score (nSPS) is 2.00. The molecule has 0 fully saturated rings. The molecule has 0 aliphatic heterocycles. The van der Waals surface area contributed by atoms with E-state index in [1.807, 2.05) is 0 Å². The summed E-state index contributed by atoms with van der Waals surface area (Å²) in [6.07, 6.45) is 0. The van der Waals surface area contributed by atoms with E-state index in [1.54, 1.807) is 0 Å². The zero-order chi connectivity index (χ0) is 4.00. The molecule has 0 saturated carbocycles.